The lowest BCUT2D eigenvalue weighted by molar-refractivity contribution is -0.119. The van der Waals surface area contributed by atoms with E-state index >= 15 is 0 Å². The molecule has 2 rings (SSSR count). The van der Waals surface area contributed by atoms with Crippen LogP contribution in [0.1, 0.15) is 32.6 Å². The van der Waals surface area contributed by atoms with E-state index in [0.29, 0.717) is 18.6 Å². The Hall–Kier alpha value is -0.650. The highest BCUT2D eigenvalue weighted by atomic mass is 16.1. The smallest absolute Gasteiger partial charge is 0.231 e. The van der Waals surface area contributed by atoms with Crippen molar-refractivity contribution in [2.24, 2.45) is 5.73 Å². The zero-order valence-electron chi connectivity index (χ0n) is 12.1. The monoisotopic (exact) mass is 268 g/mol. The van der Waals surface area contributed by atoms with Gasteiger partial charge in [-0.05, 0) is 45.3 Å². The highest BCUT2D eigenvalue weighted by molar-refractivity contribution is 5.75. The van der Waals surface area contributed by atoms with Gasteiger partial charge in [0.15, 0.2) is 0 Å². The number of primary amides is 1. The maximum atomic E-state index is 10.9. The Morgan fingerprint density at radius 2 is 1.53 bits per heavy atom. The number of hydrogen-bond acceptors (Lipinski definition) is 4. The Morgan fingerprint density at radius 3 is 1.95 bits per heavy atom. The Kier molecular flexibility index (Phi) is 5.60. The molecule has 2 aliphatic rings. The summed E-state index contributed by atoms with van der Waals surface area (Å²) in [7, 11) is 0. The lowest BCUT2D eigenvalue weighted by Gasteiger charge is -2.37. The molecule has 5 nitrogen and oxygen atoms in total. The number of nitrogens with zero attached hydrogens (tertiary/aromatic N) is 2. The van der Waals surface area contributed by atoms with Crippen LogP contribution in [0.25, 0.3) is 0 Å². The normalized spacial score (nSPS) is 24.7. The molecular weight excluding hydrogens is 240 g/mol. The van der Waals surface area contributed by atoms with Crippen LogP contribution in [-0.4, -0.2) is 67.1 Å². The zero-order valence-corrected chi connectivity index (χ0v) is 12.1. The molecule has 0 unspecified atom stereocenters. The molecule has 0 spiro atoms. The second kappa shape index (κ2) is 7.22. The van der Waals surface area contributed by atoms with E-state index in [-0.39, 0.29) is 5.91 Å². The Bertz CT molecular complexity index is 281. The molecule has 0 radical (unpaired) electrons. The number of piperidine rings is 2. The maximum Gasteiger partial charge on any atom is 0.231 e. The van der Waals surface area contributed by atoms with Crippen molar-refractivity contribution in [2.45, 2.75) is 44.7 Å². The fourth-order valence-electron chi connectivity index (χ4n) is 3.23. The molecule has 19 heavy (non-hydrogen) atoms. The minimum Gasteiger partial charge on any atom is -0.369 e. The van der Waals surface area contributed by atoms with E-state index in [1.807, 2.05) is 0 Å². The molecule has 0 atom stereocenters. The van der Waals surface area contributed by atoms with Gasteiger partial charge in [-0.1, -0.05) is 6.92 Å². The van der Waals surface area contributed by atoms with E-state index in [1.54, 1.807) is 0 Å². The van der Waals surface area contributed by atoms with Crippen LogP contribution >= 0.6 is 0 Å². The van der Waals surface area contributed by atoms with E-state index in [4.69, 9.17) is 5.73 Å². The van der Waals surface area contributed by atoms with Crippen LogP contribution in [-0.2, 0) is 4.79 Å². The lowest BCUT2D eigenvalue weighted by Crippen LogP contribution is -2.50. The first-order valence-corrected chi connectivity index (χ1v) is 7.66. The second-order valence-electron chi connectivity index (χ2n) is 5.89. The second-order valence-corrected chi connectivity index (χ2v) is 5.89. The van der Waals surface area contributed by atoms with Crippen LogP contribution in [0.3, 0.4) is 0 Å². The SMILES string of the molecule is CCN1CCC(NC2CCN(CC(N)=O)CC2)CC1. The van der Waals surface area contributed by atoms with Crippen molar-refractivity contribution >= 4 is 5.91 Å². The summed E-state index contributed by atoms with van der Waals surface area (Å²) >= 11 is 0. The van der Waals surface area contributed by atoms with Crippen LogP contribution in [0.15, 0.2) is 0 Å². The van der Waals surface area contributed by atoms with E-state index in [0.717, 1.165) is 25.9 Å². The predicted molar refractivity (Wildman–Crippen MR) is 76.9 cm³/mol. The number of carbonyl (C=O) groups excluding carboxylic acids is 1. The van der Waals surface area contributed by atoms with E-state index in [9.17, 15) is 4.79 Å². The molecule has 0 aromatic heterocycles. The van der Waals surface area contributed by atoms with Crippen molar-refractivity contribution in [3.8, 4) is 0 Å². The van der Waals surface area contributed by atoms with Crippen molar-refractivity contribution in [1.82, 2.24) is 15.1 Å². The standard InChI is InChI=1S/C14H28N4O/c1-2-17-7-3-12(4-8-17)16-13-5-9-18(10-6-13)11-14(15)19/h12-13,16H,2-11H2,1H3,(H2,15,19). The third-order valence-corrected chi connectivity index (χ3v) is 4.47. The first-order valence-electron chi connectivity index (χ1n) is 7.66. The van der Waals surface area contributed by atoms with Crippen molar-refractivity contribution in [3.63, 3.8) is 0 Å². The molecule has 110 valence electrons. The molecule has 2 heterocycles. The quantitative estimate of drug-likeness (QED) is 0.737. The highest BCUT2D eigenvalue weighted by Gasteiger charge is 2.24. The summed E-state index contributed by atoms with van der Waals surface area (Å²) in [5, 5.41) is 3.81. The molecular formula is C14H28N4O. The van der Waals surface area contributed by atoms with Gasteiger partial charge in [0.05, 0.1) is 6.54 Å². The summed E-state index contributed by atoms with van der Waals surface area (Å²) in [6, 6.07) is 1.32. The fraction of sp³-hybridized carbons (Fsp3) is 0.929. The van der Waals surface area contributed by atoms with Crippen molar-refractivity contribution < 1.29 is 4.79 Å². The van der Waals surface area contributed by atoms with Crippen LogP contribution in [0.4, 0.5) is 0 Å². The molecule has 5 heteroatoms. The first kappa shape index (κ1) is 14.8. The van der Waals surface area contributed by atoms with Crippen molar-refractivity contribution in [1.29, 1.82) is 0 Å². The lowest BCUT2D eigenvalue weighted by atomic mass is 9.99. The maximum absolute atomic E-state index is 10.9. The number of nitrogens with two attached hydrogens (primary N) is 1. The first-order chi connectivity index (χ1) is 9.17. The summed E-state index contributed by atoms with van der Waals surface area (Å²) in [4.78, 5) is 15.6. The van der Waals surface area contributed by atoms with Crippen LogP contribution < -0.4 is 11.1 Å². The van der Waals surface area contributed by atoms with Gasteiger partial charge in [-0.25, -0.2) is 0 Å². The van der Waals surface area contributed by atoms with Gasteiger partial charge in [0, 0.05) is 25.2 Å². The van der Waals surface area contributed by atoms with Gasteiger partial charge in [0.2, 0.25) is 5.91 Å². The largest absolute Gasteiger partial charge is 0.369 e. The van der Waals surface area contributed by atoms with Gasteiger partial charge in [-0.15, -0.1) is 0 Å². The van der Waals surface area contributed by atoms with Gasteiger partial charge in [-0.3, -0.25) is 9.69 Å². The van der Waals surface area contributed by atoms with Crippen LogP contribution in [0.2, 0.25) is 0 Å². The zero-order chi connectivity index (χ0) is 13.7. The van der Waals surface area contributed by atoms with Crippen LogP contribution in [0.5, 0.6) is 0 Å². The minimum absolute atomic E-state index is 0.210. The summed E-state index contributed by atoms with van der Waals surface area (Å²) in [5.74, 6) is -0.210. The van der Waals surface area contributed by atoms with Crippen molar-refractivity contribution in [2.75, 3.05) is 39.3 Å². The molecule has 0 aromatic rings. The number of hydrogen-bond donors (Lipinski definition) is 2. The summed E-state index contributed by atoms with van der Waals surface area (Å²) in [6.07, 6.45) is 4.83. The average molecular weight is 268 g/mol. The topological polar surface area (TPSA) is 61.6 Å². The van der Waals surface area contributed by atoms with Crippen molar-refractivity contribution in [3.05, 3.63) is 0 Å². The number of nitrogens with one attached hydrogen (secondary N) is 1. The molecule has 3 N–H and O–H groups in total. The average Bonchev–Trinajstić information content (AvgIpc) is 2.41. The van der Waals surface area contributed by atoms with Crippen LogP contribution in [0, 0.1) is 0 Å². The Morgan fingerprint density at radius 1 is 1.05 bits per heavy atom. The Balaban J connectivity index is 1.64. The third-order valence-electron chi connectivity index (χ3n) is 4.47. The summed E-state index contributed by atoms with van der Waals surface area (Å²) < 4.78 is 0. The molecule has 2 fully saturated rings. The molecule has 0 saturated carbocycles. The van der Waals surface area contributed by atoms with Gasteiger partial charge in [0.1, 0.15) is 0 Å². The van der Waals surface area contributed by atoms with Gasteiger partial charge >= 0.3 is 0 Å². The molecule has 0 aliphatic carbocycles. The highest BCUT2D eigenvalue weighted by Crippen LogP contribution is 2.15. The molecule has 0 aromatic carbocycles. The minimum atomic E-state index is -0.210. The number of likely N-dealkylation sites (tertiary alicyclic amines) is 2. The number of carbonyl (C=O) groups is 1. The summed E-state index contributed by atoms with van der Waals surface area (Å²) in [5.41, 5.74) is 5.23. The van der Waals surface area contributed by atoms with Gasteiger partial charge in [-0.2, -0.15) is 0 Å². The molecule has 2 aliphatic heterocycles. The molecule has 0 bridgehead atoms. The van der Waals surface area contributed by atoms with Gasteiger partial charge in [0.25, 0.3) is 0 Å². The summed E-state index contributed by atoms with van der Waals surface area (Å²) in [6.45, 7) is 8.29. The fourth-order valence-corrected chi connectivity index (χ4v) is 3.23. The van der Waals surface area contributed by atoms with Gasteiger partial charge < -0.3 is 16.0 Å². The third kappa shape index (κ3) is 4.75. The van der Waals surface area contributed by atoms with E-state index in [2.05, 4.69) is 22.0 Å². The molecule has 2 saturated heterocycles. The van der Waals surface area contributed by atoms with E-state index < -0.39 is 0 Å². The predicted octanol–water partition coefficient (Wildman–Crippen LogP) is 0.0100. The number of rotatable bonds is 5. The number of amides is 1. The Labute approximate surface area is 116 Å². The van der Waals surface area contributed by atoms with E-state index in [1.165, 1.54) is 32.5 Å². The molecule has 1 amide bonds.